The van der Waals surface area contributed by atoms with Crippen molar-refractivity contribution in [1.82, 2.24) is 4.90 Å². The zero-order valence-electron chi connectivity index (χ0n) is 11.9. The molecule has 1 heterocycles. The van der Waals surface area contributed by atoms with Gasteiger partial charge in [0.25, 0.3) is 0 Å². The van der Waals surface area contributed by atoms with E-state index < -0.39 is 11.4 Å². The molecule has 0 aromatic heterocycles. The lowest BCUT2D eigenvalue weighted by atomic mass is 10.1. The van der Waals surface area contributed by atoms with Crippen LogP contribution in [0.3, 0.4) is 0 Å². The number of rotatable bonds is 5. The number of aliphatic hydroxyl groups is 1. The van der Waals surface area contributed by atoms with Crippen molar-refractivity contribution in [2.45, 2.75) is 25.4 Å². The van der Waals surface area contributed by atoms with E-state index in [0.29, 0.717) is 19.5 Å². The van der Waals surface area contributed by atoms with Crippen molar-refractivity contribution < 1.29 is 19.0 Å². The molecule has 20 heavy (non-hydrogen) atoms. The van der Waals surface area contributed by atoms with Crippen LogP contribution in [0.5, 0.6) is 5.75 Å². The lowest BCUT2D eigenvalue weighted by Crippen LogP contribution is -2.31. The van der Waals surface area contributed by atoms with E-state index in [4.69, 9.17) is 4.74 Å². The van der Waals surface area contributed by atoms with Crippen molar-refractivity contribution in [2.24, 2.45) is 0 Å². The topological polar surface area (TPSA) is 49.8 Å². The van der Waals surface area contributed by atoms with Gasteiger partial charge in [0.15, 0.2) is 5.78 Å². The van der Waals surface area contributed by atoms with Gasteiger partial charge in [-0.25, -0.2) is 4.39 Å². The average molecular weight is 281 g/mol. The molecule has 1 aromatic rings. The van der Waals surface area contributed by atoms with Crippen LogP contribution in [-0.2, 0) is 0 Å². The number of ketones is 1. The summed E-state index contributed by atoms with van der Waals surface area (Å²) in [6.07, 6.45) is 0.914. The molecule has 1 saturated heterocycles. The number of hydrogen-bond acceptors (Lipinski definition) is 4. The van der Waals surface area contributed by atoms with E-state index in [0.717, 1.165) is 6.54 Å². The van der Waals surface area contributed by atoms with Crippen molar-refractivity contribution in [2.75, 3.05) is 26.7 Å². The molecule has 1 fully saturated rings. The Bertz CT molecular complexity index is 502. The van der Waals surface area contributed by atoms with Crippen LogP contribution in [0.15, 0.2) is 18.2 Å². The molecule has 4 nitrogen and oxygen atoms in total. The highest BCUT2D eigenvalue weighted by molar-refractivity contribution is 5.99. The highest BCUT2D eigenvalue weighted by Gasteiger charge is 2.31. The number of ether oxygens (including phenoxy) is 1. The van der Waals surface area contributed by atoms with Crippen LogP contribution in [0.1, 0.15) is 30.1 Å². The predicted octanol–water partition coefficient (Wildman–Crippen LogP) is 1.86. The Kier molecular flexibility index (Phi) is 4.40. The number of likely N-dealkylation sites (tertiary alicyclic amines) is 1. The molecule has 0 amide bonds. The molecule has 0 radical (unpaired) electrons. The minimum Gasteiger partial charge on any atom is -0.496 e. The summed E-state index contributed by atoms with van der Waals surface area (Å²) < 4.78 is 18.8. The van der Waals surface area contributed by atoms with Crippen LogP contribution >= 0.6 is 0 Å². The Hall–Kier alpha value is -1.46. The molecule has 1 N–H and O–H groups in total. The SMILES string of the molecule is COc1cccc(F)c1C(=O)CCN1CCC(C)(O)C1. The summed E-state index contributed by atoms with van der Waals surface area (Å²) in [5.41, 5.74) is -0.667. The predicted molar refractivity (Wildman–Crippen MR) is 73.6 cm³/mol. The molecule has 0 aliphatic carbocycles. The summed E-state index contributed by atoms with van der Waals surface area (Å²) in [5, 5.41) is 9.87. The number of hydrogen-bond donors (Lipinski definition) is 1. The standard InChI is InChI=1S/C15H20FNO3/c1-15(19)7-9-17(10-15)8-6-12(18)14-11(16)4-3-5-13(14)20-2/h3-5,19H,6-10H2,1-2H3. The number of β-amino-alcohol motifs (C(OH)–C–C–N with tert-alkyl or cyclic N) is 1. The van der Waals surface area contributed by atoms with Crippen molar-refractivity contribution in [3.63, 3.8) is 0 Å². The second kappa shape index (κ2) is 5.89. The van der Waals surface area contributed by atoms with Gasteiger partial charge in [-0.2, -0.15) is 0 Å². The van der Waals surface area contributed by atoms with Crippen molar-refractivity contribution >= 4 is 5.78 Å². The second-order valence-electron chi connectivity index (χ2n) is 5.51. The van der Waals surface area contributed by atoms with E-state index in [2.05, 4.69) is 0 Å². The number of carbonyl (C=O) groups excluding carboxylic acids is 1. The minimum absolute atomic E-state index is 0.0148. The van der Waals surface area contributed by atoms with E-state index >= 15 is 0 Å². The van der Waals surface area contributed by atoms with E-state index in [1.807, 2.05) is 4.90 Å². The van der Waals surface area contributed by atoms with Crippen molar-refractivity contribution in [3.05, 3.63) is 29.6 Å². The highest BCUT2D eigenvalue weighted by Crippen LogP contribution is 2.24. The molecule has 1 aromatic carbocycles. The summed E-state index contributed by atoms with van der Waals surface area (Å²) in [6, 6.07) is 4.36. The molecule has 5 heteroatoms. The molecule has 110 valence electrons. The van der Waals surface area contributed by atoms with Gasteiger partial charge in [-0.15, -0.1) is 0 Å². The monoisotopic (exact) mass is 281 g/mol. The number of Topliss-reactive ketones (excluding diaryl/α,β-unsaturated/α-hetero) is 1. The van der Waals surface area contributed by atoms with Crippen LogP contribution in [0.2, 0.25) is 0 Å². The molecule has 0 spiro atoms. The van der Waals surface area contributed by atoms with E-state index in [-0.39, 0.29) is 23.5 Å². The Morgan fingerprint density at radius 3 is 2.90 bits per heavy atom. The molecule has 0 bridgehead atoms. The van der Waals surface area contributed by atoms with Crippen LogP contribution in [0.25, 0.3) is 0 Å². The highest BCUT2D eigenvalue weighted by atomic mass is 19.1. The Morgan fingerprint density at radius 1 is 1.55 bits per heavy atom. The van der Waals surface area contributed by atoms with Gasteiger partial charge in [-0.3, -0.25) is 9.69 Å². The van der Waals surface area contributed by atoms with Gasteiger partial charge < -0.3 is 9.84 Å². The molecular weight excluding hydrogens is 261 g/mol. The van der Waals surface area contributed by atoms with Crippen molar-refractivity contribution in [3.8, 4) is 5.75 Å². The first kappa shape index (κ1) is 14.9. The fourth-order valence-electron chi connectivity index (χ4n) is 2.56. The van der Waals surface area contributed by atoms with Gasteiger partial charge in [-0.05, 0) is 25.5 Å². The summed E-state index contributed by atoms with van der Waals surface area (Å²) in [7, 11) is 1.42. The Morgan fingerprint density at radius 2 is 2.30 bits per heavy atom. The molecule has 2 rings (SSSR count). The average Bonchev–Trinajstić information content (AvgIpc) is 2.75. The van der Waals surface area contributed by atoms with Crippen molar-refractivity contribution in [1.29, 1.82) is 0 Å². The fraction of sp³-hybridized carbons (Fsp3) is 0.533. The van der Waals surface area contributed by atoms with Crippen LogP contribution in [0, 0.1) is 5.82 Å². The Labute approximate surface area is 118 Å². The Balaban J connectivity index is 1.99. The molecule has 1 aliphatic heterocycles. The zero-order valence-corrected chi connectivity index (χ0v) is 11.9. The van der Waals surface area contributed by atoms with Gasteiger partial charge in [0, 0.05) is 26.1 Å². The number of halogens is 1. The number of benzene rings is 1. The maximum Gasteiger partial charge on any atom is 0.170 e. The third-order valence-electron chi connectivity index (χ3n) is 3.66. The summed E-state index contributed by atoms with van der Waals surface area (Å²) in [6.45, 7) is 3.62. The first-order valence-electron chi connectivity index (χ1n) is 6.73. The molecule has 1 unspecified atom stereocenters. The normalized spacial score (nSPS) is 23.0. The smallest absolute Gasteiger partial charge is 0.170 e. The largest absolute Gasteiger partial charge is 0.496 e. The lowest BCUT2D eigenvalue weighted by molar-refractivity contribution is 0.0676. The fourth-order valence-corrected chi connectivity index (χ4v) is 2.56. The van der Waals surface area contributed by atoms with Gasteiger partial charge >= 0.3 is 0 Å². The maximum absolute atomic E-state index is 13.8. The van der Waals surface area contributed by atoms with Crippen LogP contribution in [-0.4, -0.2) is 48.1 Å². The van der Waals surface area contributed by atoms with Crippen LogP contribution in [0.4, 0.5) is 4.39 Å². The number of methoxy groups -OCH3 is 1. The van der Waals surface area contributed by atoms with E-state index in [1.54, 1.807) is 13.0 Å². The molecule has 1 aliphatic rings. The molecule has 0 saturated carbocycles. The third-order valence-corrected chi connectivity index (χ3v) is 3.66. The first-order chi connectivity index (χ1) is 9.43. The van der Waals surface area contributed by atoms with Crippen LogP contribution < -0.4 is 4.74 Å². The van der Waals surface area contributed by atoms with Gasteiger partial charge in [-0.1, -0.05) is 6.07 Å². The summed E-state index contributed by atoms with van der Waals surface area (Å²) >= 11 is 0. The third kappa shape index (κ3) is 3.35. The summed E-state index contributed by atoms with van der Waals surface area (Å²) in [5.74, 6) is -0.558. The second-order valence-corrected chi connectivity index (χ2v) is 5.51. The zero-order chi connectivity index (χ0) is 14.8. The van der Waals surface area contributed by atoms with Gasteiger partial charge in [0.05, 0.1) is 18.3 Å². The number of nitrogens with zero attached hydrogens (tertiary/aromatic N) is 1. The first-order valence-corrected chi connectivity index (χ1v) is 6.73. The maximum atomic E-state index is 13.8. The molecule has 1 atom stereocenters. The van der Waals surface area contributed by atoms with E-state index in [9.17, 15) is 14.3 Å². The quantitative estimate of drug-likeness (QED) is 0.837. The van der Waals surface area contributed by atoms with E-state index in [1.165, 1.54) is 19.2 Å². The summed E-state index contributed by atoms with van der Waals surface area (Å²) in [4.78, 5) is 14.2. The van der Waals surface area contributed by atoms with Gasteiger partial charge in [0.1, 0.15) is 11.6 Å². The minimum atomic E-state index is -0.682. The lowest BCUT2D eigenvalue weighted by Gasteiger charge is -2.18. The molecular formula is C15H20FNO3. The van der Waals surface area contributed by atoms with Gasteiger partial charge in [0.2, 0.25) is 0 Å². The number of carbonyl (C=O) groups is 1.